The maximum absolute atomic E-state index is 9.55. The summed E-state index contributed by atoms with van der Waals surface area (Å²) in [7, 11) is 0. The van der Waals surface area contributed by atoms with Crippen LogP contribution in [0.3, 0.4) is 0 Å². The van der Waals surface area contributed by atoms with E-state index < -0.39 is 6.10 Å². The molecule has 0 saturated heterocycles. The molecule has 1 aromatic rings. The topological polar surface area (TPSA) is 55.5 Å². The number of aliphatic hydroxyl groups excluding tert-OH is 1. The summed E-state index contributed by atoms with van der Waals surface area (Å²) < 4.78 is 5.75. The largest absolute Gasteiger partial charge is 0.491 e. The summed E-state index contributed by atoms with van der Waals surface area (Å²) in [6.07, 6.45) is -0.620. The number of hydrogen-bond donors (Lipinski definition) is 2. The van der Waals surface area contributed by atoms with E-state index in [2.05, 4.69) is 53.7 Å². The molecule has 0 spiro atoms. The van der Waals surface area contributed by atoms with Gasteiger partial charge in [-0.3, -0.25) is 0 Å². The lowest BCUT2D eigenvalue weighted by atomic mass is 9.80. The summed E-state index contributed by atoms with van der Waals surface area (Å²) >= 11 is 0. The molecule has 0 amide bonds. The van der Waals surface area contributed by atoms with Crippen LogP contribution in [0.4, 0.5) is 0 Å². The van der Waals surface area contributed by atoms with Gasteiger partial charge in [0.05, 0.1) is 0 Å². The van der Waals surface area contributed by atoms with Crippen LogP contribution >= 0.6 is 0 Å². The zero-order chi connectivity index (χ0) is 15.6. The van der Waals surface area contributed by atoms with Gasteiger partial charge in [-0.2, -0.15) is 0 Å². The van der Waals surface area contributed by atoms with Crippen molar-refractivity contribution in [1.29, 1.82) is 0 Å². The molecule has 1 rings (SSSR count). The molecular weight excluding hydrogens is 250 g/mol. The first kappa shape index (κ1) is 17.0. The third-order valence-corrected chi connectivity index (χ3v) is 3.36. The molecule has 0 radical (unpaired) electrons. The molecule has 0 heterocycles. The Bertz CT molecular complexity index is 441. The van der Waals surface area contributed by atoms with Crippen LogP contribution in [0.5, 0.6) is 5.75 Å². The second kappa shape index (κ2) is 6.15. The van der Waals surface area contributed by atoms with Gasteiger partial charge in [-0.25, -0.2) is 0 Å². The quantitative estimate of drug-likeness (QED) is 0.891. The highest BCUT2D eigenvalue weighted by atomic mass is 16.5. The van der Waals surface area contributed by atoms with Gasteiger partial charge in [0.25, 0.3) is 0 Å². The van der Waals surface area contributed by atoms with Crippen LogP contribution in [0.2, 0.25) is 0 Å². The minimum atomic E-state index is -0.620. The summed E-state index contributed by atoms with van der Waals surface area (Å²) in [5.74, 6) is 0.831. The van der Waals surface area contributed by atoms with Gasteiger partial charge in [-0.05, 0) is 28.0 Å². The monoisotopic (exact) mass is 279 g/mol. The predicted molar refractivity (Wildman–Crippen MR) is 84.4 cm³/mol. The van der Waals surface area contributed by atoms with Crippen molar-refractivity contribution in [1.82, 2.24) is 0 Å². The second-order valence-electron chi connectivity index (χ2n) is 7.41. The average molecular weight is 279 g/mol. The normalized spacial score (nSPS) is 14.2. The maximum atomic E-state index is 9.55. The number of rotatable bonds is 4. The van der Waals surface area contributed by atoms with Gasteiger partial charge in [0, 0.05) is 6.54 Å². The minimum Gasteiger partial charge on any atom is -0.491 e. The Balaban J connectivity index is 3.12. The standard InChI is InChI=1S/C17H29NO2/c1-16(2,3)12-7-8-15(20-11-13(19)10-18)14(9-12)17(4,5)6/h7-9,13,19H,10-11,18H2,1-6H3/t13-/m1/s1. The van der Waals surface area contributed by atoms with Crippen LogP contribution in [-0.4, -0.2) is 24.4 Å². The van der Waals surface area contributed by atoms with E-state index in [-0.39, 0.29) is 24.0 Å². The summed E-state index contributed by atoms with van der Waals surface area (Å²) in [4.78, 5) is 0. The van der Waals surface area contributed by atoms with Crippen LogP contribution < -0.4 is 10.5 Å². The number of nitrogens with two attached hydrogens (primary N) is 1. The number of aliphatic hydroxyl groups is 1. The summed E-state index contributed by atoms with van der Waals surface area (Å²) in [5.41, 5.74) is 7.96. The Labute approximate surface area is 123 Å². The molecule has 0 unspecified atom stereocenters. The number of ether oxygens (including phenoxy) is 1. The minimum absolute atomic E-state index is 0.00966. The van der Waals surface area contributed by atoms with Gasteiger partial charge in [0.2, 0.25) is 0 Å². The Morgan fingerprint density at radius 2 is 1.70 bits per heavy atom. The fourth-order valence-electron chi connectivity index (χ4n) is 1.96. The smallest absolute Gasteiger partial charge is 0.123 e. The Morgan fingerprint density at radius 3 is 2.15 bits per heavy atom. The highest BCUT2D eigenvalue weighted by Gasteiger charge is 2.23. The van der Waals surface area contributed by atoms with E-state index in [1.165, 1.54) is 5.56 Å². The molecule has 0 saturated carbocycles. The van der Waals surface area contributed by atoms with Crippen LogP contribution in [0, 0.1) is 0 Å². The fourth-order valence-corrected chi connectivity index (χ4v) is 1.96. The average Bonchev–Trinajstić information content (AvgIpc) is 2.33. The highest BCUT2D eigenvalue weighted by Crippen LogP contribution is 2.35. The van der Waals surface area contributed by atoms with Crippen molar-refractivity contribution in [3.8, 4) is 5.75 Å². The fraction of sp³-hybridized carbons (Fsp3) is 0.647. The van der Waals surface area contributed by atoms with Gasteiger partial charge in [0.15, 0.2) is 0 Å². The van der Waals surface area contributed by atoms with Gasteiger partial charge in [0.1, 0.15) is 18.5 Å². The molecule has 0 fully saturated rings. The van der Waals surface area contributed by atoms with Gasteiger partial charge in [-0.15, -0.1) is 0 Å². The maximum Gasteiger partial charge on any atom is 0.123 e. The Kier molecular flexibility index (Phi) is 5.22. The van der Waals surface area contributed by atoms with E-state index in [0.717, 1.165) is 11.3 Å². The van der Waals surface area contributed by atoms with E-state index >= 15 is 0 Å². The second-order valence-corrected chi connectivity index (χ2v) is 7.41. The van der Waals surface area contributed by atoms with E-state index in [0.29, 0.717) is 0 Å². The zero-order valence-electron chi connectivity index (χ0n) is 13.7. The van der Waals surface area contributed by atoms with Crippen molar-refractivity contribution in [2.45, 2.75) is 58.5 Å². The molecule has 0 aliphatic carbocycles. The van der Waals surface area contributed by atoms with Crippen LogP contribution in [0.15, 0.2) is 18.2 Å². The first-order valence-electron chi connectivity index (χ1n) is 7.21. The molecule has 3 heteroatoms. The summed E-state index contributed by atoms with van der Waals surface area (Å²) in [6.45, 7) is 13.6. The summed E-state index contributed by atoms with van der Waals surface area (Å²) in [6, 6.07) is 6.31. The highest BCUT2D eigenvalue weighted by molar-refractivity contribution is 5.43. The van der Waals surface area contributed by atoms with Crippen molar-refractivity contribution in [2.75, 3.05) is 13.2 Å². The first-order valence-corrected chi connectivity index (χ1v) is 7.21. The Hall–Kier alpha value is -1.06. The molecule has 3 nitrogen and oxygen atoms in total. The molecule has 0 aromatic heterocycles. The molecule has 3 N–H and O–H groups in total. The zero-order valence-corrected chi connectivity index (χ0v) is 13.7. The van der Waals surface area contributed by atoms with Crippen LogP contribution in [-0.2, 0) is 10.8 Å². The lowest BCUT2D eigenvalue weighted by Gasteiger charge is -2.27. The molecule has 114 valence electrons. The van der Waals surface area contributed by atoms with E-state index in [1.807, 2.05) is 6.07 Å². The summed E-state index contributed by atoms with van der Waals surface area (Å²) in [5, 5.41) is 9.55. The lowest BCUT2D eigenvalue weighted by Crippen LogP contribution is -2.27. The molecule has 1 atom stereocenters. The molecule has 0 aliphatic heterocycles. The third-order valence-electron chi connectivity index (χ3n) is 3.36. The first-order chi connectivity index (χ1) is 9.05. The third kappa shape index (κ3) is 4.50. The molecular formula is C17H29NO2. The van der Waals surface area contributed by atoms with Crippen molar-refractivity contribution in [3.05, 3.63) is 29.3 Å². The van der Waals surface area contributed by atoms with Gasteiger partial charge >= 0.3 is 0 Å². The van der Waals surface area contributed by atoms with Crippen LogP contribution in [0.1, 0.15) is 52.7 Å². The van der Waals surface area contributed by atoms with E-state index in [9.17, 15) is 5.11 Å². The van der Waals surface area contributed by atoms with Crippen molar-refractivity contribution < 1.29 is 9.84 Å². The van der Waals surface area contributed by atoms with E-state index in [1.54, 1.807) is 0 Å². The van der Waals surface area contributed by atoms with E-state index in [4.69, 9.17) is 10.5 Å². The molecule has 1 aromatic carbocycles. The van der Waals surface area contributed by atoms with Gasteiger partial charge in [-0.1, -0.05) is 53.7 Å². The SMILES string of the molecule is CC(C)(C)c1ccc(OC[C@H](O)CN)c(C(C)(C)C)c1. The number of hydrogen-bond acceptors (Lipinski definition) is 3. The number of benzene rings is 1. The molecule has 20 heavy (non-hydrogen) atoms. The van der Waals surface area contributed by atoms with Crippen LogP contribution in [0.25, 0.3) is 0 Å². The van der Waals surface area contributed by atoms with Crippen molar-refractivity contribution in [2.24, 2.45) is 5.73 Å². The Morgan fingerprint density at radius 1 is 1.10 bits per heavy atom. The van der Waals surface area contributed by atoms with Crippen molar-refractivity contribution >= 4 is 0 Å². The predicted octanol–water partition coefficient (Wildman–Crippen LogP) is 2.98. The van der Waals surface area contributed by atoms with Gasteiger partial charge < -0.3 is 15.6 Å². The molecule has 0 bridgehead atoms. The lowest BCUT2D eigenvalue weighted by molar-refractivity contribution is 0.113. The van der Waals surface area contributed by atoms with Crippen molar-refractivity contribution in [3.63, 3.8) is 0 Å². The molecule has 0 aliphatic rings.